The van der Waals surface area contributed by atoms with E-state index < -0.39 is 5.97 Å². The first-order chi connectivity index (χ1) is 16.4. The fraction of sp³-hybridized carbons (Fsp3) is 0.269. The number of hydrogen-bond donors (Lipinski definition) is 2. The highest BCUT2D eigenvalue weighted by Gasteiger charge is 2.28. The highest BCUT2D eigenvalue weighted by atomic mass is 32.1. The molecular formula is C26H29N3O3S2. The normalized spacial score (nSPS) is 10.6. The molecule has 0 aliphatic carbocycles. The molecule has 178 valence electrons. The van der Waals surface area contributed by atoms with Gasteiger partial charge in [-0.1, -0.05) is 60.7 Å². The molecule has 0 aliphatic heterocycles. The zero-order valence-electron chi connectivity index (χ0n) is 19.8. The molecule has 0 bridgehead atoms. The van der Waals surface area contributed by atoms with Crippen molar-refractivity contribution in [1.29, 1.82) is 0 Å². The molecule has 2 aromatic carbocycles. The topological polar surface area (TPSA) is 70.7 Å². The van der Waals surface area contributed by atoms with Gasteiger partial charge in [-0.15, -0.1) is 11.3 Å². The van der Waals surface area contributed by atoms with E-state index >= 15 is 0 Å². The van der Waals surface area contributed by atoms with Gasteiger partial charge in [0.25, 0.3) is 5.91 Å². The number of carbonyl (C=O) groups is 2. The van der Waals surface area contributed by atoms with Crippen molar-refractivity contribution in [2.75, 3.05) is 25.5 Å². The van der Waals surface area contributed by atoms with E-state index in [2.05, 4.69) is 10.6 Å². The number of rotatable bonds is 8. The molecule has 8 heteroatoms. The van der Waals surface area contributed by atoms with E-state index in [1.165, 1.54) is 18.4 Å². The summed E-state index contributed by atoms with van der Waals surface area (Å²) in [5.41, 5.74) is 3.00. The van der Waals surface area contributed by atoms with E-state index in [9.17, 15) is 9.59 Å². The standard InChI is InChI=1S/C26H29N3O3S2/c1-5-29(6-2)24(30)22-17(3)20(25(31)32-4)23(34-22)28-26(33)27-21(18-13-9-7-10-14-18)19-15-11-8-12-16-19/h7-16,21H,5-6H2,1-4H3,(H2,27,28,33). The van der Waals surface area contributed by atoms with Gasteiger partial charge in [-0.2, -0.15) is 0 Å². The van der Waals surface area contributed by atoms with Gasteiger partial charge in [0.15, 0.2) is 5.11 Å². The van der Waals surface area contributed by atoms with Crippen LogP contribution >= 0.6 is 23.6 Å². The van der Waals surface area contributed by atoms with Gasteiger partial charge < -0.3 is 20.3 Å². The maximum absolute atomic E-state index is 13.0. The molecule has 0 radical (unpaired) electrons. The van der Waals surface area contributed by atoms with E-state index in [1.54, 1.807) is 11.8 Å². The van der Waals surface area contributed by atoms with Gasteiger partial charge in [0.1, 0.15) is 5.00 Å². The van der Waals surface area contributed by atoms with Crippen LogP contribution in [0.1, 0.15) is 56.6 Å². The number of carbonyl (C=O) groups excluding carboxylic acids is 2. The summed E-state index contributed by atoms with van der Waals surface area (Å²) in [7, 11) is 1.33. The molecular weight excluding hydrogens is 466 g/mol. The lowest BCUT2D eigenvalue weighted by molar-refractivity contribution is 0.0601. The summed E-state index contributed by atoms with van der Waals surface area (Å²) in [6.45, 7) is 6.78. The van der Waals surface area contributed by atoms with Gasteiger partial charge in [0, 0.05) is 13.1 Å². The first-order valence-electron chi connectivity index (χ1n) is 11.1. The predicted molar refractivity (Wildman–Crippen MR) is 142 cm³/mol. The van der Waals surface area contributed by atoms with Crippen molar-refractivity contribution < 1.29 is 14.3 Å². The lowest BCUT2D eigenvalue weighted by atomic mass is 9.99. The van der Waals surface area contributed by atoms with E-state index in [0.29, 0.717) is 39.2 Å². The quantitative estimate of drug-likeness (QED) is 0.322. The number of thiophene rings is 1. The van der Waals surface area contributed by atoms with Crippen molar-refractivity contribution in [2.45, 2.75) is 26.8 Å². The summed E-state index contributed by atoms with van der Waals surface area (Å²) in [5.74, 6) is -0.628. The Bertz CT molecular complexity index is 1100. The Morgan fingerprint density at radius 1 is 1.00 bits per heavy atom. The first kappa shape index (κ1) is 25.4. The van der Waals surface area contributed by atoms with E-state index in [-0.39, 0.29) is 11.9 Å². The monoisotopic (exact) mass is 495 g/mol. The van der Waals surface area contributed by atoms with E-state index in [0.717, 1.165) is 11.1 Å². The van der Waals surface area contributed by atoms with Gasteiger partial charge in [0.2, 0.25) is 0 Å². The summed E-state index contributed by atoms with van der Waals surface area (Å²) < 4.78 is 5.00. The third-order valence-corrected chi connectivity index (χ3v) is 6.96. The Morgan fingerprint density at radius 2 is 1.53 bits per heavy atom. The predicted octanol–water partition coefficient (Wildman–Crippen LogP) is 5.40. The Morgan fingerprint density at radius 3 is 2.00 bits per heavy atom. The summed E-state index contributed by atoms with van der Waals surface area (Å²) in [5, 5.41) is 7.34. The molecule has 0 saturated heterocycles. The molecule has 3 rings (SSSR count). The minimum Gasteiger partial charge on any atom is -0.465 e. The third kappa shape index (κ3) is 5.63. The molecule has 0 aliphatic rings. The smallest absolute Gasteiger partial charge is 0.341 e. The molecule has 0 unspecified atom stereocenters. The minimum absolute atomic E-state index is 0.115. The Balaban J connectivity index is 1.93. The van der Waals surface area contributed by atoms with Crippen LogP contribution in [0.3, 0.4) is 0 Å². The number of hydrogen-bond acceptors (Lipinski definition) is 5. The van der Waals surface area contributed by atoms with Crippen LogP contribution in [-0.4, -0.2) is 42.1 Å². The highest BCUT2D eigenvalue weighted by Crippen LogP contribution is 2.35. The lowest BCUT2D eigenvalue weighted by Crippen LogP contribution is -2.33. The van der Waals surface area contributed by atoms with Gasteiger partial charge in [-0.3, -0.25) is 4.79 Å². The van der Waals surface area contributed by atoms with E-state index in [1.807, 2.05) is 74.5 Å². The minimum atomic E-state index is -0.514. The van der Waals surface area contributed by atoms with Gasteiger partial charge >= 0.3 is 5.97 Å². The lowest BCUT2D eigenvalue weighted by Gasteiger charge is -2.22. The molecule has 0 spiro atoms. The van der Waals surface area contributed by atoms with Crippen LogP contribution in [0.15, 0.2) is 60.7 Å². The molecule has 0 fully saturated rings. The second-order valence-electron chi connectivity index (χ2n) is 7.58. The number of methoxy groups -OCH3 is 1. The second-order valence-corrected chi connectivity index (χ2v) is 9.01. The molecule has 0 atom stereocenters. The van der Waals surface area contributed by atoms with Crippen LogP contribution in [0.5, 0.6) is 0 Å². The molecule has 1 heterocycles. The maximum atomic E-state index is 13.0. The molecule has 2 N–H and O–H groups in total. The number of nitrogens with zero attached hydrogens (tertiary/aromatic N) is 1. The largest absolute Gasteiger partial charge is 0.465 e. The van der Waals surface area contributed by atoms with Crippen molar-refractivity contribution in [3.05, 3.63) is 87.8 Å². The number of esters is 1. The van der Waals surface area contributed by atoms with Crippen molar-refractivity contribution >= 4 is 45.5 Å². The van der Waals surface area contributed by atoms with Crippen LogP contribution in [0.25, 0.3) is 0 Å². The van der Waals surface area contributed by atoms with Crippen LogP contribution in [0.4, 0.5) is 5.00 Å². The first-order valence-corrected chi connectivity index (χ1v) is 12.3. The van der Waals surface area contributed by atoms with Crippen LogP contribution in [0, 0.1) is 6.92 Å². The summed E-state index contributed by atoms with van der Waals surface area (Å²) in [4.78, 5) is 27.9. The zero-order valence-corrected chi connectivity index (χ0v) is 21.4. The molecule has 3 aromatic rings. The van der Waals surface area contributed by atoms with Gasteiger partial charge in [-0.05, 0) is 49.7 Å². The molecule has 6 nitrogen and oxygen atoms in total. The average molecular weight is 496 g/mol. The summed E-state index contributed by atoms with van der Waals surface area (Å²) in [6.07, 6.45) is 0. The van der Waals surface area contributed by atoms with Gasteiger partial charge in [-0.25, -0.2) is 4.79 Å². The number of benzene rings is 2. The third-order valence-electron chi connectivity index (χ3n) is 5.55. The highest BCUT2D eigenvalue weighted by molar-refractivity contribution is 7.80. The van der Waals surface area contributed by atoms with Gasteiger partial charge in [0.05, 0.1) is 23.6 Å². The fourth-order valence-corrected chi connectivity index (χ4v) is 5.18. The van der Waals surface area contributed by atoms with Crippen molar-refractivity contribution in [3.63, 3.8) is 0 Å². The van der Waals surface area contributed by atoms with Crippen LogP contribution in [-0.2, 0) is 4.74 Å². The summed E-state index contributed by atoms with van der Waals surface area (Å²) in [6, 6.07) is 19.8. The number of amides is 1. The second kappa shape index (κ2) is 11.8. The molecule has 34 heavy (non-hydrogen) atoms. The molecule has 0 saturated carbocycles. The average Bonchev–Trinajstić information content (AvgIpc) is 3.19. The Hall–Kier alpha value is -3.23. The zero-order chi connectivity index (χ0) is 24.7. The molecule has 1 aromatic heterocycles. The van der Waals surface area contributed by atoms with Crippen molar-refractivity contribution in [1.82, 2.24) is 10.2 Å². The fourth-order valence-electron chi connectivity index (χ4n) is 3.73. The number of thiocarbonyl (C=S) groups is 1. The summed E-state index contributed by atoms with van der Waals surface area (Å²) >= 11 is 6.86. The Kier molecular flexibility index (Phi) is 8.79. The number of nitrogens with one attached hydrogen (secondary N) is 2. The van der Waals surface area contributed by atoms with Crippen LogP contribution in [0.2, 0.25) is 0 Å². The van der Waals surface area contributed by atoms with Crippen molar-refractivity contribution in [3.8, 4) is 0 Å². The molecule has 1 amide bonds. The van der Waals surface area contributed by atoms with Crippen molar-refractivity contribution in [2.24, 2.45) is 0 Å². The van der Waals surface area contributed by atoms with Crippen LogP contribution < -0.4 is 10.6 Å². The maximum Gasteiger partial charge on any atom is 0.341 e. The SMILES string of the molecule is CCN(CC)C(=O)c1sc(NC(=S)NC(c2ccccc2)c2ccccc2)c(C(=O)OC)c1C. The van der Waals surface area contributed by atoms with E-state index in [4.69, 9.17) is 17.0 Å². The number of ether oxygens (including phenoxy) is 1. The number of anilines is 1. The Labute approximate surface area is 209 Å².